The van der Waals surface area contributed by atoms with Crippen LogP contribution in [0.3, 0.4) is 0 Å². The minimum absolute atomic E-state index is 0.0592. The molecule has 1 saturated heterocycles. The van der Waals surface area contributed by atoms with Gasteiger partial charge < -0.3 is 9.80 Å². The monoisotopic (exact) mass is 408 g/mol. The van der Waals surface area contributed by atoms with E-state index in [1.165, 1.54) is 12.1 Å². The molecule has 1 amide bonds. The van der Waals surface area contributed by atoms with Gasteiger partial charge in [-0.25, -0.2) is 0 Å². The van der Waals surface area contributed by atoms with Gasteiger partial charge in [-0.15, -0.1) is 0 Å². The van der Waals surface area contributed by atoms with Crippen LogP contribution in [0.2, 0.25) is 0 Å². The standard InChI is InChI=1S/C22H24N4O4/c1-2-25-20-8-3-16(13-17(20)14-22(25)28)21(27)15-23-9-11-24(12-10-23)18-4-6-19(7-5-18)26(29)30/h3-8,13H,2,9-12,14-15H2,1H3. The number of non-ortho nitro benzene ring substituents is 1. The molecule has 4 rings (SSSR count). The Morgan fingerprint density at radius 2 is 1.77 bits per heavy atom. The van der Waals surface area contributed by atoms with Gasteiger partial charge in [-0.3, -0.25) is 24.6 Å². The fourth-order valence-corrected chi connectivity index (χ4v) is 4.15. The average Bonchev–Trinajstić information content (AvgIpc) is 3.08. The van der Waals surface area contributed by atoms with Gasteiger partial charge in [0.15, 0.2) is 5.78 Å². The Kier molecular flexibility index (Phi) is 5.50. The van der Waals surface area contributed by atoms with E-state index in [2.05, 4.69) is 9.80 Å². The van der Waals surface area contributed by atoms with Crippen molar-refractivity contribution in [3.05, 3.63) is 63.7 Å². The Labute approximate surface area is 174 Å². The number of carbonyl (C=O) groups excluding carboxylic acids is 2. The molecular weight excluding hydrogens is 384 g/mol. The van der Waals surface area contributed by atoms with E-state index in [1.54, 1.807) is 17.0 Å². The lowest BCUT2D eigenvalue weighted by Crippen LogP contribution is -2.48. The molecule has 0 unspecified atom stereocenters. The van der Waals surface area contributed by atoms with Gasteiger partial charge in [0.05, 0.1) is 17.9 Å². The first-order valence-electron chi connectivity index (χ1n) is 10.1. The smallest absolute Gasteiger partial charge is 0.269 e. The molecule has 0 aromatic heterocycles. The highest BCUT2D eigenvalue weighted by atomic mass is 16.6. The second-order valence-electron chi connectivity index (χ2n) is 7.62. The van der Waals surface area contributed by atoms with Crippen molar-refractivity contribution < 1.29 is 14.5 Å². The molecular formula is C22H24N4O4. The fraction of sp³-hybridized carbons (Fsp3) is 0.364. The van der Waals surface area contributed by atoms with E-state index < -0.39 is 4.92 Å². The summed E-state index contributed by atoms with van der Waals surface area (Å²) in [6, 6.07) is 12.1. The summed E-state index contributed by atoms with van der Waals surface area (Å²) in [7, 11) is 0. The molecule has 0 saturated carbocycles. The summed E-state index contributed by atoms with van der Waals surface area (Å²) < 4.78 is 0. The number of ketones is 1. The summed E-state index contributed by atoms with van der Waals surface area (Å²) in [5.41, 5.74) is 3.53. The van der Waals surface area contributed by atoms with E-state index in [9.17, 15) is 19.7 Å². The topological polar surface area (TPSA) is 87.0 Å². The SMILES string of the molecule is CCN1C(=O)Cc2cc(C(=O)CN3CCN(c4ccc([N+](=O)[O-])cc4)CC3)ccc21. The lowest BCUT2D eigenvalue weighted by Gasteiger charge is -2.35. The third kappa shape index (κ3) is 3.91. The molecule has 0 spiro atoms. The normalized spacial score (nSPS) is 16.6. The highest BCUT2D eigenvalue weighted by molar-refractivity contribution is 6.04. The van der Waals surface area contributed by atoms with Crippen LogP contribution < -0.4 is 9.80 Å². The second-order valence-corrected chi connectivity index (χ2v) is 7.62. The average molecular weight is 408 g/mol. The van der Waals surface area contributed by atoms with E-state index in [1.807, 2.05) is 25.1 Å². The summed E-state index contributed by atoms with van der Waals surface area (Å²) >= 11 is 0. The Morgan fingerprint density at radius 3 is 2.40 bits per heavy atom. The van der Waals surface area contributed by atoms with Crippen LogP contribution in [-0.2, 0) is 11.2 Å². The summed E-state index contributed by atoms with van der Waals surface area (Å²) in [6.45, 7) is 5.94. The van der Waals surface area contributed by atoms with Crippen molar-refractivity contribution >= 4 is 28.8 Å². The number of piperazine rings is 1. The van der Waals surface area contributed by atoms with Gasteiger partial charge >= 0.3 is 0 Å². The van der Waals surface area contributed by atoms with Crippen molar-refractivity contribution in [2.45, 2.75) is 13.3 Å². The van der Waals surface area contributed by atoms with Crippen LogP contribution in [0.4, 0.5) is 17.1 Å². The van der Waals surface area contributed by atoms with Gasteiger partial charge in [-0.2, -0.15) is 0 Å². The van der Waals surface area contributed by atoms with Crippen LogP contribution >= 0.6 is 0 Å². The molecule has 30 heavy (non-hydrogen) atoms. The van der Waals surface area contributed by atoms with Crippen molar-refractivity contribution in [3.8, 4) is 0 Å². The van der Waals surface area contributed by atoms with E-state index >= 15 is 0 Å². The van der Waals surface area contributed by atoms with Crippen molar-refractivity contribution in [2.75, 3.05) is 49.1 Å². The number of fused-ring (bicyclic) bond motifs is 1. The molecule has 8 nitrogen and oxygen atoms in total. The molecule has 2 aliphatic rings. The zero-order valence-electron chi connectivity index (χ0n) is 16.9. The molecule has 0 bridgehead atoms. The number of benzene rings is 2. The molecule has 0 N–H and O–H groups in total. The van der Waals surface area contributed by atoms with Crippen molar-refractivity contribution in [2.24, 2.45) is 0 Å². The molecule has 0 aliphatic carbocycles. The molecule has 2 aromatic carbocycles. The molecule has 2 aliphatic heterocycles. The van der Waals surface area contributed by atoms with Crippen LogP contribution in [-0.4, -0.2) is 60.8 Å². The van der Waals surface area contributed by atoms with E-state index in [4.69, 9.17) is 0 Å². The maximum atomic E-state index is 12.8. The van der Waals surface area contributed by atoms with Crippen LogP contribution in [0.15, 0.2) is 42.5 Å². The van der Waals surface area contributed by atoms with Crippen molar-refractivity contribution in [1.82, 2.24) is 4.90 Å². The summed E-state index contributed by atoms with van der Waals surface area (Å²) in [4.78, 5) is 41.3. The maximum absolute atomic E-state index is 12.8. The number of Topliss-reactive ketones (excluding diaryl/α,β-unsaturated/α-hetero) is 1. The molecule has 1 fully saturated rings. The number of carbonyl (C=O) groups is 2. The zero-order valence-corrected chi connectivity index (χ0v) is 16.9. The highest BCUT2D eigenvalue weighted by Crippen LogP contribution is 2.29. The summed E-state index contributed by atoms with van der Waals surface area (Å²) in [5.74, 6) is 0.142. The summed E-state index contributed by atoms with van der Waals surface area (Å²) in [5, 5.41) is 10.8. The Hall–Kier alpha value is -3.26. The number of amides is 1. The lowest BCUT2D eigenvalue weighted by atomic mass is 10.0. The van der Waals surface area contributed by atoms with E-state index in [0.717, 1.165) is 43.1 Å². The molecule has 2 aromatic rings. The molecule has 156 valence electrons. The first-order chi connectivity index (χ1) is 14.5. The third-order valence-corrected chi connectivity index (χ3v) is 5.82. The Balaban J connectivity index is 1.34. The number of nitrogens with zero attached hydrogens (tertiary/aromatic N) is 4. The van der Waals surface area contributed by atoms with Gasteiger partial charge in [0.2, 0.25) is 5.91 Å². The van der Waals surface area contributed by atoms with Crippen molar-refractivity contribution in [1.29, 1.82) is 0 Å². The van der Waals surface area contributed by atoms with E-state index in [-0.39, 0.29) is 17.4 Å². The second kappa shape index (κ2) is 8.23. The quantitative estimate of drug-likeness (QED) is 0.415. The lowest BCUT2D eigenvalue weighted by molar-refractivity contribution is -0.384. The van der Waals surface area contributed by atoms with Gasteiger partial charge in [0, 0.05) is 61.8 Å². The highest BCUT2D eigenvalue weighted by Gasteiger charge is 2.27. The molecule has 2 heterocycles. The summed E-state index contributed by atoms with van der Waals surface area (Å²) in [6.07, 6.45) is 0.359. The number of nitro groups is 1. The number of hydrogen-bond acceptors (Lipinski definition) is 6. The van der Waals surface area contributed by atoms with Crippen LogP contribution in [0, 0.1) is 10.1 Å². The van der Waals surface area contributed by atoms with Crippen LogP contribution in [0.5, 0.6) is 0 Å². The minimum Gasteiger partial charge on any atom is -0.369 e. The zero-order chi connectivity index (χ0) is 21.3. The molecule has 8 heteroatoms. The number of hydrogen-bond donors (Lipinski definition) is 0. The van der Waals surface area contributed by atoms with Crippen molar-refractivity contribution in [3.63, 3.8) is 0 Å². The number of anilines is 2. The van der Waals surface area contributed by atoms with Gasteiger partial charge in [0.25, 0.3) is 5.69 Å². The predicted octanol–water partition coefficient (Wildman–Crippen LogP) is 2.51. The third-order valence-electron chi connectivity index (χ3n) is 5.82. The maximum Gasteiger partial charge on any atom is 0.269 e. The Bertz CT molecular complexity index is 981. The fourth-order valence-electron chi connectivity index (χ4n) is 4.15. The molecule has 0 atom stereocenters. The predicted molar refractivity (Wildman–Crippen MR) is 114 cm³/mol. The first-order valence-corrected chi connectivity index (χ1v) is 10.1. The minimum atomic E-state index is -0.401. The number of likely N-dealkylation sites (N-methyl/N-ethyl adjacent to an activating group) is 1. The molecule has 0 radical (unpaired) electrons. The first kappa shape index (κ1) is 20.0. The van der Waals surface area contributed by atoms with Gasteiger partial charge in [-0.1, -0.05) is 0 Å². The van der Waals surface area contributed by atoms with Crippen LogP contribution in [0.1, 0.15) is 22.8 Å². The Morgan fingerprint density at radius 1 is 1.07 bits per heavy atom. The number of rotatable bonds is 6. The number of nitro benzene ring substituents is 1. The largest absolute Gasteiger partial charge is 0.369 e. The van der Waals surface area contributed by atoms with E-state index in [0.29, 0.717) is 25.1 Å². The van der Waals surface area contributed by atoms with Gasteiger partial charge in [0.1, 0.15) is 0 Å². The van der Waals surface area contributed by atoms with Crippen LogP contribution in [0.25, 0.3) is 0 Å². The van der Waals surface area contributed by atoms with Gasteiger partial charge in [-0.05, 0) is 42.8 Å².